The van der Waals surface area contributed by atoms with Crippen LogP contribution in [0.2, 0.25) is 10.0 Å². The first-order valence-electron chi connectivity index (χ1n) is 4.53. The largest absolute Gasteiger partial charge is 0.492 e. The summed E-state index contributed by atoms with van der Waals surface area (Å²) in [5.41, 5.74) is 5.53. The van der Waals surface area contributed by atoms with E-state index in [4.69, 9.17) is 38.8 Å². The molecule has 0 bridgehead atoms. The average molecular weight is 264 g/mol. The predicted octanol–water partition coefficient (Wildman–Crippen LogP) is 2.17. The fraction of sp³-hybridized carbons (Fsp3) is 0.300. The van der Waals surface area contributed by atoms with Gasteiger partial charge in [0.15, 0.2) is 0 Å². The van der Waals surface area contributed by atoms with Crippen molar-refractivity contribution in [1.82, 2.24) is 0 Å². The van der Waals surface area contributed by atoms with Gasteiger partial charge in [0.05, 0.1) is 6.42 Å². The summed E-state index contributed by atoms with van der Waals surface area (Å²) < 4.78 is 5.27. The van der Waals surface area contributed by atoms with Crippen LogP contribution >= 0.6 is 23.2 Å². The smallest absolute Gasteiger partial charge is 0.305 e. The van der Waals surface area contributed by atoms with E-state index in [9.17, 15) is 4.79 Å². The Morgan fingerprint density at radius 3 is 2.44 bits per heavy atom. The van der Waals surface area contributed by atoms with Crippen molar-refractivity contribution < 1.29 is 14.6 Å². The number of ether oxygens (including phenoxy) is 1. The molecule has 0 radical (unpaired) electrons. The van der Waals surface area contributed by atoms with E-state index in [1.807, 2.05) is 0 Å². The summed E-state index contributed by atoms with van der Waals surface area (Å²) in [4.78, 5) is 10.4. The van der Waals surface area contributed by atoms with Gasteiger partial charge in [-0.05, 0) is 18.2 Å². The van der Waals surface area contributed by atoms with Crippen molar-refractivity contribution >= 4 is 29.2 Å². The number of halogens is 2. The molecule has 88 valence electrons. The molecule has 0 fully saturated rings. The van der Waals surface area contributed by atoms with Gasteiger partial charge in [-0.2, -0.15) is 0 Å². The van der Waals surface area contributed by atoms with E-state index >= 15 is 0 Å². The van der Waals surface area contributed by atoms with E-state index in [1.165, 1.54) is 0 Å². The lowest BCUT2D eigenvalue weighted by atomic mass is 10.2. The Balaban J connectivity index is 2.51. The van der Waals surface area contributed by atoms with E-state index in [1.54, 1.807) is 18.2 Å². The Bertz CT molecular complexity index is 364. The zero-order valence-corrected chi connectivity index (χ0v) is 9.83. The molecule has 0 aliphatic rings. The van der Waals surface area contributed by atoms with Crippen LogP contribution in [0, 0.1) is 0 Å². The van der Waals surface area contributed by atoms with Gasteiger partial charge >= 0.3 is 5.97 Å². The molecule has 16 heavy (non-hydrogen) atoms. The molecule has 0 aliphatic carbocycles. The van der Waals surface area contributed by atoms with Gasteiger partial charge in [-0.3, -0.25) is 4.79 Å². The Morgan fingerprint density at radius 2 is 1.94 bits per heavy atom. The third-order valence-corrected chi connectivity index (χ3v) is 2.17. The molecule has 1 rings (SSSR count). The highest BCUT2D eigenvalue weighted by Crippen LogP contribution is 2.24. The van der Waals surface area contributed by atoms with Crippen LogP contribution in [0.3, 0.4) is 0 Å². The van der Waals surface area contributed by atoms with Crippen LogP contribution in [0.25, 0.3) is 0 Å². The fourth-order valence-corrected chi connectivity index (χ4v) is 1.60. The second-order valence-corrected chi connectivity index (χ2v) is 4.15. The zero-order valence-electron chi connectivity index (χ0n) is 8.32. The molecule has 0 aromatic heterocycles. The molecule has 1 unspecified atom stereocenters. The van der Waals surface area contributed by atoms with Crippen molar-refractivity contribution in [3.63, 3.8) is 0 Å². The van der Waals surface area contributed by atoms with E-state index in [-0.39, 0.29) is 13.0 Å². The lowest BCUT2D eigenvalue weighted by Crippen LogP contribution is -2.30. The van der Waals surface area contributed by atoms with Crippen LogP contribution in [0.1, 0.15) is 6.42 Å². The number of carboxylic acid groups (broad SMARTS) is 1. The summed E-state index contributed by atoms with van der Waals surface area (Å²) in [6, 6.07) is 4.19. The minimum atomic E-state index is -0.958. The molecule has 1 aromatic rings. The molecule has 4 nitrogen and oxygen atoms in total. The van der Waals surface area contributed by atoms with Gasteiger partial charge < -0.3 is 15.6 Å². The highest BCUT2D eigenvalue weighted by Gasteiger charge is 2.09. The van der Waals surface area contributed by atoms with E-state index in [0.717, 1.165) is 0 Å². The van der Waals surface area contributed by atoms with E-state index in [2.05, 4.69) is 0 Å². The molecule has 0 saturated heterocycles. The third-order valence-electron chi connectivity index (χ3n) is 1.74. The number of nitrogens with two attached hydrogens (primary N) is 1. The summed E-state index contributed by atoms with van der Waals surface area (Å²) >= 11 is 11.5. The quantitative estimate of drug-likeness (QED) is 0.854. The highest BCUT2D eigenvalue weighted by molar-refractivity contribution is 6.34. The molecule has 1 atom stereocenters. The fourth-order valence-electron chi connectivity index (χ4n) is 1.10. The maximum absolute atomic E-state index is 10.4. The normalized spacial score (nSPS) is 12.2. The van der Waals surface area contributed by atoms with Crippen LogP contribution in [-0.4, -0.2) is 23.7 Å². The zero-order chi connectivity index (χ0) is 12.1. The second kappa shape index (κ2) is 5.94. The van der Waals surface area contributed by atoms with E-state index < -0.39 is 12.0 Å². The molecule has 0 heterocycles. The molecule has 6 heteroatoms. The molecule has 0 saturated carbocycles. The number of benzene rings is 1. The molecule has 0 amide bonds. The minimum absolute atomic E-state index is 0.100. The molecular formula is C10H11Cl2NO3. The van der Waals surface area contributed by atoms with Crippen LogP contribution in [0.4, 0.5) is 0 Å². The second-order valence-electron chi connectivity index (χ2n) is 3.27. The van der Waals surface area contributed by atoms with Crippen molar-refractivity contribution in [3.05, 3.63) is 28.2 Å². The topological polar surface area (TPSA) is 72.5 Å². The molecule has 3 N–H and O–H groups in total. The number of hydrogen-bond acceptors (Lipinski definition) is 3. The minimum Gasteiger partial charge on any atom is -0.492 e. The monoisotopic (exact) mass is 263 g/mol. The van der Waals surface area contributed by atoms with Crippen LogP contribution in [0.5, 0.6) is 5.75 Å². The van der Waals surface area contributed by atoms with Crippen LogP contribution < -0.4 is 10.5 Å². The Hall–Kier alpha value is -0.970. The molecule has 0 aliphatic heterocycles. The van der Waals surface area contributed by atoms with E-state index in [0.29, 0.717) is 15.8 Å². The molecular weight excluding hydrogens is 253 g/mol. The lowest BCUT2D eigenvalue weighted by Gasteiger charge is -2.11. The van der Waals surface area contributed by atoms with Crippen molar-refractivity contribution in [3.8, 4) is 5.75 Å². The maximum Gasteiger partial charge on any atom is 0.305 e. The van der Waals surface area contributed by atoms with Gasteiger partial charge in [0.25, 0.3) is 0 Å². The Kier molecular flexibility index (Phi) is 4.86. The summed E-state index contributed by atoms with van der Waals surface area (Å²) in [7, 11) is 0. The first-order chi connectivity index (χ1) is 7.47. The summed E-state index contributed by atoms with van der Waals surface area (Å²) in [5, 5.41) is 9.40. The number of carbonyl (C=O) groups is 1. The van der Waals surface area contributed by atoms with Crippen molar-refractivity contribution in [2.24, 2.45) is 5.73 Å². The summed E-state index contributed by atoms with van der Waals surface area (Å²) in [6.07, 6.45) is -0.145. The van der Waals surface area contributed by atoms with Crippen LogP contribution in [0.15, 0.2) is 18.2 Å². The van der Waals surface area contributed by atoms with Crippen molar-refractivity contribution in [2.75, 3.05) is 6.61 Å². The maximum atomic E-state index is 10.4. The van der Waals surface area contributed by atoms with Gasteiger partial charge in [0.2, 0.25) is 0 Å². The van der Waals surface area contributed by atoms with Gasteiger partial charge in [0, 0.05) is 16.1 Å². The summed E-state index contributed by atoms with van der Waals surface area (Å²) in [6.45, 7) is 0.100. The third kappa shape index (κ3) is 4.70. The van der Waals surface area contributed by atoms with Gasteiger partial charge in [-0.25, -0.2) is 0 Å². The summed E-state index contributed by atoms with van der Waals surface area (Å²) in [5.74, 6) is -0.487. The standard InChI is InChI=1S/C10H11Cl2NO3/c11-6-1-7(12)3-9(2-6)16-5-8(13)4-10(14)15/h1-3,8H,4-5,13H2,(H,14,15). The average Bonchev–Trinajstić information content (AvgIpc) is 2.12. The number of hydrogen-bond donors (Lipinski definition) is 2. The number of carboxylic acids is 1. The first kappa shape index (κ1) is 13.1. The van der Waals surface area contributed by atoms with Crippen LogP contribution in [-0.2, 0) is 4.79 Å². The number of aliphatic carboxylic acids is 1. The Labute approximate surface area is 103 Å². The highest BCUT2D eigenvalue weighted by atomic mass is 35.5. The number of rotatable bonds is 5. The first-order valence-corrected chi connectivity index (χ1v) is 5.29. The van der Waals surface area contributed by atoms with Crippen molar-refractivity contribution in [2.45, 2.75) is 12.5 Å². The van der Waals surface area contributed by atoms with Gasteiger partial charge in [-0.1, -0.05) is 23.2 Å². The molecule has 1 aromatic carbocycles. The molecule has 0 spiro atoms. The van der Waals surface area contributed by atoms with Crippen molar-refractivity contribution in [1.29, 1.82) is 0 Å². The van der Waals surface area contributed by atoms with Gasteiger partial charge in [-0.15, -0.1) is 0 Å². The predicted molar refractivity (Wildman–Crippen MR) is 62.2 cm³/mol. The lowest BCUT2D eigenvalue weighted by molar-refractivity contribution is -0.137. The SMILES string of the molecule is NC(COc1cc(Cl)cc(Cl)c1)CC(=O)O. The van der Waals surface area contributed by atoms with Gasteiger partial charge in [0.1, 0.15) is 12.4 Å². The Morgan fingerprint density at radius 1 is 1.38 bits per heavy atom.